The van der Waals surface area contributed by atoms with Crippen LogP contribution in [-0.4, -0.2) is 6.61 Å². The molecule has 0 aromatic heterocycles. The number of benzene rings is 1. The van der Waals surface area contributed by atoms with Gasteiger partial charge in [-0.15, -0.1) is 0 Å². The minimum atomic E-state index is -0.579. The molecule has 2 aliphatic carbocycles. The maximum absolute atomic E-state index is 14.4. The van der Waals surface area contributed by atoms with Gasteiger partial charge in [-0.25, -0.2) is 8.78 Å². The third kappa shape index (κ3) is 5.00. The van der Waals surface area contributed by atoms with Crippen LogP contribution in [0, 0.1) is 29.4 Å². The number of hydrogen-bond acceptors (Lipinski definition) is 1. The van der Waals surface area contributed by atoms with Crippen LogP contribution in [0.2, 0.25) is 0 Å². The molecule has 1 aromatic carbocycles. The van der Waals surface area contributed by atoms with Crippen molar-refractivity contribution in [2.24, 2.45) is 17.8 Å². The van der Waals surface area contributed by atoms with Crippen LogP contribution in [0.25, 0.3) is 0 Å². The average molecular weight is 375 g/mol. The van der Waals surface area contributed by atoms with Crippen LogP contribution in [0.15, 0.2) is 36.4 Å². The fraction of sp³-hybridized carbons (Fsp3) is 0.583. The van der Waals surface area contributed by atoms with Crippen LogP contribution in [0.3, 0.4) is 0 Å². The van der Waals surface area contributed by atoms with E-state index in [0.717, 1.165) is 36.7 Å². The fourth-order valence-electron chi connectivity index (χ4n) is 4.91. The van der Waals surface area contributed by atoms with Crippen molar-refractivity contribution >= 4 is 0 Å². The molecule has 0 radical (unpaired) electrons. The molecule has 2 saturated carbocycles. The van der Waals surface area contributed by atoms with E-state index in [9.17, 15) is 8.78 Å². The van der Waals surface area contributed by atoms with E-state index in [0.29, 0.717) is 5.92 Å². The Morgan fingerprint density at radius 2 is 1.70 bits per heavy atom. The number of halogens is 2. The fourth-order valence-corrected chi connectivity index (χ4v) is 4.91. The van der Waals surface area contributed by atoms with Crippen molar-refractivity contribution in [1.29, 1.82) is 0 Å². The van der Waals surface area contributed by atoms with Crippen LogP contribution in [0.4, 0.5) is 8.78 Å². The third-order valence-electron chi connectivity index (χ3n) is 6.35. The SMILES string of the molecule is CC=CCOc1c(F)cc(C2CC[C@@H]3C[C@H](C=CCC)CC[C@@H]3C2)cc1F. The van der Waals surface area contributed by atoms with Crippen LogP contribution < -0.4 is 4.74 Å². The molecule has 27 heavy (non-hydrogen) atoms. The lowest BCUT2D eigenvalue weighted by Crippen LogP contribution is -2.30. The Bertz CT molecular complexity index is 656. The van der Waals surface area contributed by atoms with Gasteiger partial charge in [0.15, 0.2) is 17.4 Å². The van der Waals surface area contributed by atoms with Crippen molar-refractivity contribution in [3.63, 3.8) is 0 Å². The quantitative estimate of drug-likeness (QED) is 0.479. The zero-order valence-electron chi connectivity index (χ0n) is 16.6. The number of hydrogen-bond donors (Lipinski definition) is 0. The first-order valence-corrected chi connectivity index (χ1v) is 10.5. The second kappa shape index (κ2) is 9.52. The molecule has 0 saturated heterocycles. The van der Waals surface area contributed by atoms with Crippen molar-refractivity contribution in [1.82, 2.24) is 0 Å². The van der Waals surface area contributed by atoms with E-state index in [2.05, 4.69) is 19.1 Å². The lowest BCUT2D eigenvalue weighted by atomic mass is 9.64. The summed E-state index contributed by atoms with van der Waals surface area (Å²) < 4.78 is 34.0. The smallest absolute Gasteiger partial charge is 0.191 e. The highest BCUT2D eigenvalue weighted by atomic mass is 19.1. The molecule has 0 bridgehead atoms. The first-order chi connectivity index (χ1) is 13.1. The summed E-state index contributed by atoms with van der Waals surface area (Å²) in [7, 11) is 0. The van der Waals surface area contributed by atoms with E-state index in [1.165, 1.54) is 37.8 Å². The van der Waals surface area contributed by atoms with E-state index in [1.54, 1.807) is 12.2 Å². The second-order valence-electron chi connectivity index (χ2n) is 8.13. The van der Waals surface area contributed by atoms with Gasteiger partial charge in [-0.3, -0.25) is 0 Å². The maximum atomic E-state index is 14.4. The van der Waals surface area contributed by atoms with Crippen molar-refractivity contribution < 1.29 is 13.5 Å². The molecular formula is C24H32F2O. The molecule has 0 amide bonds. The van der Waals surface area contributed by atoms with Gasteiger partial charge in [0.25, 0.3) is 0 Å². The number of fused-ring (bicyclic) bond motifs is 1. The van der Waals surface area contributed by atoms with Crippen LogP contribution in [0.1, 0.15) is 70.3 Å². The van der Waals surface area contributed by atoms with Crippen LogP contribution in [-0.2, 0) is 0 Å². The van der Waals surface area contributed by atoms with Gasteiger partial charge in [0.1, 0.15) is 6.61 Å². The highest BCUT2D eigenvalue weighted by Gasteiger charge is 2.35. The Labute approximate surface area is 162 Å². The number of allylic oxidation sites excluding steroid dienone is 3. The molecular weight excluding hydrogens is 342 g/mol. The number of ether oxygens (including phenoxy) is 1. The predicted octanol–water partition coefficient (Wildman–Crippen LogP) is 7.19. The Morgan fingerprint density at radius 1 is 1.00 bits per heavy atom. The Kier molecular flexibility index (Phi) is 7.09. The van der Waals surface area contributed by atoms with E-state index in [-0.39, 0.29) is 18.3 Å². The monoisotopic (exact) mass is 374 g/mol. The van der Waals surface area contributed by atoms with Gasteiger partial charge < -0.3 is 4.74 Å². The predicted molar refractivity (Wildman–Crippen MR) is 107 cm³/mol. The highest BCUT2D eigenvalue weighted by Crippen LogP contribution is 2.48. The third-order valence-corrected chi connectivity index (χ3v) is 6.35. The second-order valence-corrected chi connectivity index (χ2v) is 8.13. The summed E-state index contributed by atoms with van der Waals surface area (Å²) in [5, 5.41) is 0. The molecule has 1 aromatic rings. The Morgan fingerprint density at radius 3 is 2.41 bits per heavy atom. The topological polar surface area (TPSA) is 9.23 Å². The van der Waals surface area contributed by atoms with Gasteiger partial charge in [0, 0.05) is 0 Å². The lowest BCUT2D eigenvalue weighted by molar-refractivity contribution is 0.133. The minimum Gasteiger partial charge on any atom is -0.483 e. The van der Waals surface area contributed by atoms with Gasteiger partial charge in [0.2, 0.25) is 0 Å². The average Bonchev–Trinajstić information content (AvgIpc) is 2.67. The molecule has 0 heterocycles. The Hall–Kier alpha value is -1.64. The van der Waals surface area contributed by atoms with Gasteiger partial charge in [-0.05, 0) is 93.2 Å². The lowest BCUT2D eigenvalue weighted by Gasteiger charge is -2.42. The summed E-state index contributed by atoms with van der Waals surface area (Å²) in [6.07, 6.45) is 16.4. The van der Waals surface area contributed by atoms with Gasteiger partial charge in [0.05, 0.1) is 0 Å². The van der Waals surface area contributed by atoms with Crippen molar-refractivity contribution in [3.05, 3.63) is 53.6 Å². The first-order valence-electron chi connectivity index (χ1n) is 10.5. The summed E-state index contributed by atoms with van der Waals surface area (Å²) in [4.78, 5) is 0. The minimum absolute atomic E-state index is 0.185. The molecule has 1 nitrogen and oxygen atoms in total. The summed E-state index contributed by atoms with van der Waals surface area (Å²) >= 11 is 0. The van der Waals surface area contributed by atoms with E-state index in [4.69, 9.17) is 4.74 Å². The molecule has 4 atom stereocenters. The number of rotatable bonds is 6. The zero-order chi connectivity index (χ0) is 19.2. The van der Waals surface area contributed by atoms with Gasteiger partial charge >= 0.3 is 0 Å². The van der Waals surface area contributed by atoms with Crippen molar-refractivity contribution in [2.45, 2.75) is 64.7 Å². The molecule has 148 valence electrons. The molecule has 0 aliphatic heterocycles. The van der Waals surface area contributed by atoms with E-state index in [1.807, 2.05) is 6.92 Å². The molecule has 0 spiro atoms. The molecule has 0 N–H and O–H groups in total. The zero-order valence-corrected chi connectivity index (χ0v) is 16.6. The largest absolute Gasteiger partial charge is 0.483 e. The van der Waals surface area contributed by atoms with E-state index < -0.39 is 11.6 Å². The first kappa shape index (κ1) is 20.1. The van der Waals surface area contributed by atoms with Crippen molar-refractivity contribution in [2.75, 3.05) is 6.61 Å². The van der Waals surface area contributed by atoms with Crippen molar-refractivity contribution in [3.8, 4) is 5.75 Å². The highest BCUT2D eigenvalue weighted by molar-refractivity contribution is 5.33. The molecule has 2 aliphatic rings. The molecule has 3 rings (SSSR count). The van der Waals surface area contributed by atoms with Gasteiger partial charge in [-0.1, -0.05) is 31.2 Å². The maximum Gasteiger partial charge on any atom is 0.191 e. The van der Waals surface area contributed by atoms with Gasteiger partial charge in [-0.2, -0.15) is 0 Å². The standard InChI is InChI=1S/C24H32F2O/c1-3-5-7-17-8-9-19-14-20(11-10-18(19)13-17)21-15-22(25)24(23(26)16-21)27-12-6-4-2/h4-7,15-20H,3,8-14H2,1-2H3/t17-,18-,19-,20?/m1/s1. The van der Waals surface area contributed by atoms with Crippen LogP contribution in [0.5, 0.6) is 5.75 Å². The molecule has 3 heteroatoms. The molecule has 1 unspecified atom stereocenters. The summed E-state index contributed by atoms with van der Waals surface area (Å²) in [6, 6.07) is 2.99. The Balaban J connectivity index is 1.64. The molecule has 2 fully saturated rings. The van der Waals surface area contributed by atoms with E-state index >= 15 is 0 Å². The summed E-state index contributed by atoms with van der Waals surface area (Å²) in [6.45, 7) is 4.22. The summed E-state index contributed by atoms with van der Waals surface area (Å²) in [5.74, 6) is 1.06. The van der Waals surface area contributed by atoms with Crippen LogP contribution >= 0.6 is 0 Å². The summed E-state index contributed by atoms with van der Waals surface area (Å²) in [5.41, 5.74) is 0.801. The normalized spacial score (nSPS) is 28.6.